The summed E-state index contributed by atoms with van der Waals surface area (Å²) >= 11 is 1.50. The number of ether oxygens (including phenoxy) is 2. The Hall–Kier alpha value is -2.78. The molecule has 0 bridgehead atoms. The van der Waals surface area contributed by atoms with Gasteiger partial charge in [0.25, 0.3) is 11.6 Å². The second kappa shape index (κ2) is 7.69. The Morgan fingerprint density at radius 1 is 1.43 bits per heavy atom. The Labute approximate surface area is 165 Å². The van der Waals surface area contributed by atoms with Crippen molar-refractivity contribution < 1.29 is 23.6 Å². The molecule has 0 saturated carbocycles. The van der Waals surface area contributed by atoms with Crippen LogP contribution in [0.4, 0.5) is 0 Å². The highest BCUT2D eigenvalue weighted by molar-refractivity contribution is 7.13. The first-order chi connectivity index (χ1) is 13.5. The van der Waals surface area contributed by atoms with Crippen molar-refractivity contribution in [2.45, 2.75) is 20.0 Å². The summed E-state index contributed by atoms with van der Waals surface area (Å²) < 4.78 is 16.0. The van der Waals surface area contributed by atoms with Crippen LogP contribution >= 0.6 is 11.3 Å². The number of hydrogen-bond donors (Lipinski definition) is 0. The van der Waals surface area contributed by atoms with Crippen LogP contribution in [0.15, 0.2) is 28.1 Å². The van der Waals surface area contributed by atoms with Gasteiger partial charge in [-0.05, 0) is 31.4 Å². The van der Waals surface area contributed by atoms with Crippen LogP contribution in [0.3, 0.4) is 0 Å². The summed E-state index contributed by atoms with van der Waals surface area (Å²) in [6.45, 7) is 4.77. The number of carbonyl (C=O) groups is 2. The Balaban J connectivity index is 1.56. The average molecular weight is 401 g/mol. The summed E-state index contributed by atoms with van der Waals surface area (Å²) in [6, 6.07) is 5.46. The molecule has 1 saturated heterocycles. The molecular weight excluding hydrogens is 382 g/mol. The second-order valence-electron chi connectivity index (χ2n) is 6.58. The largest absolute Gasteiger partial charge is 0.452 e. The van der Waals surface area contributed by atoms with Crippen LogP contribution in [-0.4, -0.2) is 59.3 Å². The molecule has 1 fully saturated rings. The molecule has 0 spiro atoms. The van der Waals surface area contributed by atoms with E-state index >= 15 is 0 Å². The standard InChI is InChI=1S/C19H19N3O5S/c1-11-9-22(5-6-25-11)16(23)10-26-19(24)13-8-14(15-4-3-7-28-15)20-18-17(13)12(2)21-27-18/h3-4,7-8,11H,5-6,9-10H2,1-2H3. The number of morpholine rings is 1. The van der Waals surface area contributed by atoms with E-state index in [2.05, 4.69) is 10.1 Å². The predicted octanol–water partition coefficient (Wildman–Crippen LogP) is 2.66. The summed E-state index contributed by atoms with van der Waals surface area (Å²) in [5, 5.41) is 6.33. The molecule has 1 unspecified atom stereocenters. The van der Waals surface area contributed by atoms with Gasteiger partial charge in [0.15, 0.2) is 6.61 Å². The molecule has 0 aromatic carbocycles. The van der Waals surface area contributed by atoms with Gasteiger partial charge >= 0.3 is 5.97 Å². The first kappa shape index (κ1) is 18.6. The number of pyridine rings is 1. The normalized spacial score (nSPS) is 17.1. The molecule has 0 radical (unpaired) electrons. The fraction of sp³-hybridized carbons (Fsp3) is 0.368. The number of amides is 1. The smallest absolute Gasteiger partial charge is 0.339 e. The minimum absolute atomic E-state index is 0.0266. The highest BCUT2D eigenvalue weighted by Gasteiger charge is 2.24. The van der Waals surface area contributed by atoms with Crippen molar-refractivity contribution in [2.24, 2.45) is 0 Å². The van der Waals surface area contributed by atoms with E-state index in [1.165, 1.54) is 11.3 Å². The van der Waals surface area contributed by atoms with E-state index < -0.39 is 5.97 Å². The van der Waals surface area contributed by atoms with Gasteiger partial charge in [0.05, 0.1) is 39.9 Å². The molecule has 1 aliphatic heterocycles. The minimum Gasteiger partial charge on any atom is -0.452 e. The van der Waals surface area contributed by atoms with E-state index in [0.717, 1.165) is 4.88 Å². The molecule has 3 aromatic heterocycles. The maximum atomic E-state index is 12.8. The lowest BCUT2D eigenvalue weighted by Crippen LogP contribution is -2.46. The molecule has 0 N–H and O–H groups in total. The van der Waals surface area contributed by atoms with Gasteiger partial charge in [-0.25, -0.2) is 9.78 Å². The Bertz CT molecular complexity index is 1010. The summed E-state index contributed by atoms with van der Waals surface area (Å²) in [5.74, 6) is -0.847. The average Bonchev–Trinajstić information content (AvgIpc) is 3.35. The number of esters is 1. The van der Waals surface area contributed by atoms with E-state index in [1.807, 2.05) is 24.4 Å². The molecule has 1 aliphatic rings. The summed E-state index contributed by atoms with van der Waals surface area (Å²) in [4.78, 5) is 32.1. The summed E-state index contributed by atoms with van der Waals surface area (Å²) in [7, 11) is 0. The van der Waals surface area contributed by atoms with Gasteiger partial charge in [0.1, 0.15) is 0 Å². The van der Waals surface area contributed by atoms with Crippen molar-refractivity contribution in [3.63, 3.8) is 0 Å². The number of rotatable bonds is 4. The quantitative estimate of drug-likeness (QED) is 0.620. The summed E-state index contributed by atoms with van der Waals surface area (Å²) in [5.41, 5.74) is 1.69. The van der Waals surface area contributed by atoms with E-state index in [9.17, 15) is 9.59 Å². The zero-order chi connectivity index (χ0) is 19.7. The zero-order valence-corrected chi connectivity index (χ0v) is 16.3. The SMILES string of the molecule is Cc1noc2nc(-c3cccs3)cc(C(=O)OCC(=O)N3CCOC(C)C3)c12. The number of carbonyl (C=O) groups excluding carboxylic acids is 2. The lowest BCUT2D eigenvalue weighted by molar-refractivity contribution is -0.141. The Morgan fingerprint density at radius 2 is 2.29 bits per heavy atom. The van der Waals surface area contributed by atoms with Gasteiger partial charge in [0.2, 0.25) is 0 Å². The van der Waals surface area contributed by atoms with Gasteiger partial charge < -0.3 is 18.9 Å². The molecule has 0 aliphatic carbocycles. The second-order valence-corrected chi connectivity index (χ2v) is 7.53. The Morgan fingerprint density at radius 3 is 3.04 bits per heavy atom. The van der Waals surface area contributed by atoms with Crippen molar-refractivity contribution in [2.75, 3.05) is 26.3 Å². The number of aromatic nitrogens is 2. The lowest BCUT2D eigenvalue weighted by Gasteiger charge is -2.30. The van der Waals surface area contributed by atoms with Gasteiger partial charge in [-0.1, -0.05) is 11.2 Å². The molecule has 146 valence electrons. The molecule has 9 heteroatoms. The molecule has 4 rings (SSSR count). The predicted molar refractivity (Wildman–Crippen MR) is 102 cm³/mol. The van der Waals surface area contributed by atoms with Crippen LogP contribution in [0, 0.1) is 6.92 Å². The van der Waals surface area contributed by atoms with Crippen molar-refractivity contribution in [1.29, 1.82) is 0 Å². The monoisotopic (exact) mass is 401 g/mol. The fourth-order valence-electron chi connectivity index (χ4n) is 3.15. The van der Waals surface area contributed by atoms with Crippen molar-refractivity contribution in [1.82, 2.24) is 15.0 Å². The third-order valence-corrected chi connectivity index (χ3v) is 5.42. The molecule has 8 nitrogen and oxygen atoms in total. The van der Waals surface area contributed by atoms with Crippen LogP contribution in [0.5, 0.6) is 0 Å². The van der Waals surface area contributed by atoms with Gasteiger partial charge in [0, 0.05) is 13.1 Å². The van der Waals surface area contributed by atoms with Crippen LogP contribution in [0.2, 0.25) is 0 Å². The van der Waals surface area contributed by atoms with E-state index in [-0.39, 0.29) is 29.9 Å². The lowest BCUT2D eigenvalue weighted by atomic mass is 10.1. The fourth-order valence-corrected chi connectivity index (χ4v) is 3.83. The zero-order valence-electron chi connectivity index (χ0n) is 15.5. The molecular formula is C19H19N3O5S. The third kappa shape index (κ3) is 3.63. The third-order valence-electron chi connectivity index (χ3n) is 4.53. The number of fused-ring (bicyclic) bond motifs is 1. The Kier molecular flexibility index (Phi) is 5.10. The van der Waals surface area contributed by atoms with Crippen LogP contribution in [0.25, 0.3) is 21.7 Å². The van der Waals surface area contributed by atoms with E-state index in [0.29, 0.717) is 36.5 Å². The molecule has 4 heterocycles. The minimum atomic E-state index is -0.605. The maximum Gasteiger partial charge on any atom is 0.339 e. The molecule has 1 amide bonds. The van der Waals surface area contributed by atoms with Gasteiger partial charge in [-0.2, -0.15) is 0 Å². The number of hydrogen-bond acceptors (Lipinski definition) is 8. The van der Waals surface area contributed by atoms with Crippen molar-refractivity contribution in [3.8, 4) is 10.6 Å². The first-order valence-corrected chi connectivity index (χ1v) is 9.78. The first-order valence-electron chi connectivity index (χ1n) is 8.90. The number of aryl methyl sites for hydroxylation is 1. The maximum absolute atomic E-state index is 12.8. The molecule has 1 atom stereocenters. The summed E-state index contributed by atoms with van der Waals surface area (Å²) in [6.07, 6.45) is -0.0266. The van der Waals surface area contributed by atoms with E-state index in [4.69, 9.17) is 14.0 Å². The topological polar surface area (TPSA) is 94.8 Å². The highest BCUT2D eigenvalue weighted by atomic mass is 32.1. The van der Waals surface area contributed by atoms with Gasteiger partial charge in [-0.15, -0.1) is 11.3 Å². The van der Waals surface area contributed by atoms with E-state index in [1.54, 1.807) is 17.9 Å². The van der Waals surface area contributed by atoms with Gasteiger partial charge in [-0.3, -0.25) is 4.79 Å². The molecule has 28 heavy (non-hydrogen) atoms. The number of nitrogens with zero attached hydrogens (tertiary/aromatic N) is 3. The van der Waals surface area contributed by atoms with Crippen molar-refractivity contribution >= 4 is 34.3 Å². The van der Waals surface area contributed by atoms with Crippen LogP contribution < -0.4 is 0 Å². The van der Waals surface area contributed by atoms with Crippen molar-refractivity contribution in [3.05, 3.63) is 34.8 Å². The highest BCUT2D eigenvalue weighted by Crippen LogP contribution is 2.29. The van der Waals surface area contributed by atoms with Crippen LogP contribution in [0.1, 0.15) is 23.0 Å². The van der Waals surface area contributed by atoms with Crippen LogP contribution in [-0.2, 0) is 14.3 Å². The number of thiophene rings is 1. The molecule has 3 aromatic rings.